The molecule has 2 saturated heterocycles. The number of amides is 2. The number of hydrogen-bond donors (Lipinski definition) is 0. The Balaban J connectivity index is 1.84. The van der Waals surface area contributed by atoms with Gasteiger partial charge in [-0.25, -0.2) is 0 Å². The Bertz CT molecular complexity index is 437. The SMILES string of the molecule is CCC1C(=O)N2CCCC2C(=O)N1C1CCC(C)C(C)C1. The molecule has 118 valence electrons. The summed E-state index contributed by atoms with van der Waals surface area (Å²) in [6.07, 6.45) is 5.88. The summed E-state index contributed by atoms with van der Waals surface area (Å²) in [7, 11) is 0. The molecule has 0 N–H and O–H groups in total. The van der Waals surface area contributed by atoms with E-state index in [0.717, 1.165) is 44.6 Å². The maximum atomic E-state index is 12.9. The highest BCUT2D eigenvalue weighted by molar-refractivity contribution is 5.97. The van der Waals surface area contributed by atoms with Crippen LogP contribution in [0.5, 0.6) is 0 Å². The molecular weight excluding hydrogens is 264 g/mol. The lowest BCUT2D eigenvalue weighted by atomic mass is 9.77. The summed E-state index contributed by atoms with van der Waals surface area (Å²) >= 11 is 0. The second-order valence-corrected chi connectivity index (χ2v) is 7.28. The zero-order valence-corrected chi connectivity index (χ0v) is 13.5. The van der Waals surface area contributed by atoms with Gasteiger partial charge in [0.2, 0.25) is 11.8 Å². The summed E-state index contributed by atoms with van der Waals surface area (Å²) in [6.45, 7) is 7.40. The van der Waals surface area contributed by atoms with E-state index >= 15 is 0 Å². The van der Waals surface area contributed by atoms with E-state index < -0.39 is 0 Å². The molecule has 0 aromatic heterocycles. The Labute approximate surface area is 127 Å². The lowest BCUT2D eigenvalue weighted by molar-refractivity contribution is -0.163. The Kier molecular flexibility index (Phi) is 3.98. The minimum atomic E-state index is -0.211. The van der Waals surface area contributed by atoms with Gasteiger partial charge in [0, 0.05) is 12.6 Å². The van der Waals surface area contributed by atoms with E-state index in [1.807, 2.05) is 16.7 Å². The predicted octanol–water partition coefficient (Wildman–Crippen LogP) is 2.42. The molecule has 3 aliphatic rings. The highest BCUT2D eigenvalue weighted by Gasteiger charge is 2.49. The van der Waals surface area contributed by atoms with Gasteiger partial charge < -0.3 is 9.80 Å². The van der Waals surface area contributed by atoms with Crippen molar-refractivity contribution in [2.75, 3.05) is 6.54 Å². The first-order valence-electron chi connectivity index (χ1n) is 8.67. The summed E-state index contributed by atoms with van der Waals surface area (Å²) in [5, 5.41) is 0. The molecule has 5 atom stereocenters. The van der Waals surface area contributed by atoms with Gasteiger partial charge in [0.1, 0.15) is 12.1 Å². The summed E-state index contributed by atoms with van der Waals surface area (Å²) in [4.78, 5) is 29.5. The van der Waals surface area contributed by atoms with Crippen molar-refractivity contribution in [2.24, 2.45) is 11.8 Å². The molecule has 3 fully saturated rings. The Hall–Kier alpha value is -1.06. The predicted molar refractivity (Wildman–Crippen MR) is 81.6 cm³/mol. The van der Waals surface area contributed by atoms with Crippen LogP contribution in [-0.4, -0.2) is 46.3 Å². The fraction of sp³-hybridized carbons (Fsp3) is 0.882. The number of nitrogens with zero attached hydrogens (tertiary/aromatic N) is 2. The van der Waals surface area contributed by atoms with Gasteiger partial charge in [-0.05, 0) is 50.4 Å². The molecule has 0 spiro atoms. The summed E-state index contributed by atoms with van der Waals surface area (Å²) in [6, 6.07) is -0.0900. The van der Waals surface area contributed by atoms with Gasteiger partial charge in [-0.1, -0.05) is 20.8 Å². The monoisotopic (exact) mass is 292 g/mol. The van der Waals surface area contributed by atoms with Gasteiger partial charge in [0.25, 0.3) is 0 Å². The second-order valence-electron chi connectivity index (χ2n) is 7.28. The quantitative estimate of drug-likeness (QED) is 0.784. The van der Waals surface area contributed by atoms with Crippen molar-refractivity contribution in [3.8, 4) is 0 Å². The average molecular weight is 292 g/mol. The third-order valence-electron chi connectivity index (χ3n) is 6.05. The van der Waals surface area contributed by atoms with Crippen molar-refractivity contribution >= 4 is 11.8 Å². The van der Waals surface area contributed by atoms with Crippen molar-refractivity contribution in [2.45, 2.75) is 77.4 Å². The molecule has 1 saturated carbocycles. The summed E-state index contributed by atoms with van der Waals surface area (Å²) in [5.74, 6) is 1.81. The van der Waals surface area contributed by atoms with E-state index in [4.69, 9.17) is 0 Å². The third-order valence-corrected chi connectivity index (χ3v) is 6.05. The maximum absolute atomic E-state index is 12.9. The Morgan fingerprint density at radius 2 is 1.81 bits per heavy atom. The zero-order valence-electron chi connectivity index (χ0n) is 13.5. The molecule has 2 aliphatic heterocycles. The molecule has 21 heavy (non-hydrogen) atoms. The fourth-order valence-electron chi connectivity index (χ4n) is 4.50. The van der Waals surface area contributed by atoms with Crippen LogP contribution >= 0.6 is 0 Å². The summed E-state index contributed by atoms with van der Waals surface area (Å²) < 4.78 is 0. The Morgan fingerprint density at radius 3 is 2.48 bits per heavy atom. The molecule has 5 unspecified atom stereocenters. The molecule has 0 radical (unpaired) electrons. The highest BCUT2D eigenvalue weighted by Crippen LogP contribution is 2.37. The molecule has 0 bridgehead atoms. The minimum absolute atomic E-state index is 0.157. The van der Waals surface area contributed by atoms with Crippen LogP contribution in [0.25, 0.3) is 0 Å². The molecule has 4 nitrogen and oxygen atoms in total. The number of hydrogen-bond acceptors (Lipinski definition) is 2. The van der Waals surface area contributed by atoms with Crippen LogP contribution in [0.15, 0.2) is 0 Å². The standard InChI is InChI=1S/C17H28N2O2/c1-4-14-16(20)18-9-5-6-15(18)17(21)19(14)13-8-7-11(2)12(3)10-13/h11-15H,4-10H2,1-3H3. The molecule has 0 aromatic rings. The van der Waals surface area contributed by atoms with Crippen LogP contribution in [0.3, 0.4) is 0 Å². The molecular formula is C17H28N2O2. The summed E-state index contributed by atoms with van der Waals surface area (Å²) in [5.41, 5.74) is 0. The molecule has 3 rings (SSSR count). The van der Waals surface area contributed by atoms with Crippen molar-refractivity contribution in [3.05, 3.63) is 0 Å². The van der Waals surface area contributed by atoms with E-state index in [1.165, 1.54) is 6.42 Å². The smallest absolute Gasteiger partial charge is 0.246 e. The molecule has 4 heteroatoms. The van der Waals surface area contributed by atoms with Crippen LogP contribution in [0.4, 0.5) is 0 Å². The number of rotatable bonds is 2. The van der Waals surface area contributed by atoms with Crippen molar-refractivity contribution in [1.82, 2.24) is 9.80 Å². The fourth-order valence-corrected chi connectivity index (χ4v) is 4.50. The van der Waals surface area contributed by atoms with Crippen LogP contribution in [0.1, 0.15) is 59.3 Å². The number of carbonyl (C=O) groups excluding carboxylic acids is 2. The molecule has 2 heterocycles. The van der Waals surface area contributed by atoms with E-state index in [-0.39, 0.29) is 29.9 Å². The number of piperazine rings is 1. The van der Waals surface area contributed by atoms with E-state index in [0.29, 0.717) is 5.92 Å². The van der Waals surface area contributed by atoms with Gasteiger partial charge in [0.05, 0.1) is 0 Å². The number of carbonyl (C=O) groups is 2. The van der Waals surface area contributed by atoms with Gasteiger partial charge in [0.15, 0.2) is 0 Å². The number of fused-ring (bicyclic) bond motifs is 1. The van der Waals surface area contributed by atoms with Crippen molar-refractivity contribution < 1.29 is 9.59 Å². The molecule has 0 aromatic carbocycles. The zero-order chi connectivity index (χ0) is 15.1. The first kappa shape index (κ1) is 14.9. The van der Waals surface area contributed by atoms with Crippen LogP contribution < -0.4 is 0 Å². The molecule has 2 amide bonds. The maximum Gasteiger partial charge on any atom is 0.246 e. The first-order chi connectivity index (χ1) is 10.0. The van der Waals surface area contributed by atoms with Gasteiger partial charge in [-0.3, -0.25) is 9.59 Å². The van der Waals surface area contributed by atoms with Crippen molar-refractivity contribution in [1.29, 1.82) is 0 Å². The van der Waals surface area contributed by atoms with Crippen LogP contribution in [0, 0.1) is 11.8 Å². The van der Waals surface area contributed by atoms with Gasteiger partial charge in [-0.2, -0.15) is 0 Å². The van der Waals surface area contributed by atoms with Gasteiger partial charge in [-0.15, -0.1) is 0 Å². The Morgan fingerprint density at radius 1 is 1.05 bits per heavy atom. The minimum Gasteiger partial charge on any atom is -0.329 e. The lowest BCUT2D eigenvalue weighted by Crippen LogP contribution is -2.65. The lowest BCUT2D eigenvalue weighted by Gasteiger charge is -2.48. The third kappa shape index (κ3) is 2.36. The average Bonchev–Trinajstić information content (AvgIpc) is 2.95. The van der Waals surface area contributed by atoms with Gasteiger partial charge >= 0.3 is 0 Å². The topological polar surface area (TPSA) is 40.6 Å². The second kappa shape index (κ2) is 5.62. The van der Waals surface area contributed by atoms with E-state index in [9.17, 15) is 9.59 Å². The largest absolute Gasteiger partial charge is 0.329 e. The highest BCUT2D eigenvalue weighted by atomic mass is 16.2. The van der Waals surface area contributed by atoms with E-state index in [2.05, 4.69) is 13.8 Å². The van der Waals surface area contributed by atoms with Crippen LogP contribution in [0.2, 0.25) is 0 Å². The van der Waals surface area contributed by atoms with E-state index in [1.54, 1.807) is 0 Å². The van der Waals surface area contributed by atoms with Crippen molar-refractivity contribution in [3.63, 3.8) is 0 Å². The van der Waals surface area contributed by atoms with Crippen LogP contribution in [-0.2, 0) is 9.59 Å². The first-order valence-corrected chi connectivity index (χ1v) is 8.67. The molecule has 1 aliphatic carbocycles. The normalized spacial score (nSPS) is 40.6.